The highest BCUT2D eigenvalue weighted by Gasteiger charge is 2.09. The molecule has 2 heterocycles. The average Bonchev–Trinajstić information content (AvgIpc) is 2.43. The highest BCUT2D eigenvalue weighted by molar-refractivity contribution is 7.20. The first-order valence-corrected chi connectivity index (χ1v) is 4.18. The van der Waals surface area contributed by atoms with Crippen LogP contribution in [0.4, 0.5) is 5.82 Å². The SMILES string of the molecule is COn1c(N)cc2sc(O)cc21. The third kappa shape index (κ3) is 0.831. The molecular formula is C7H8N2O2S. The molecule has 0 aliphatic carbocycles. The molecule has 0 spiro atoms. The molecule has 2 aromatic heterocycles. The van der Waals surface area contributed by atoms with Gasteiger partial charge in [0.2, 0.25) is 0 Å². The first-order chi connectivity index (χ1) is 5.72. The number of anilines is 1. The van der Waals surface area contributed by atoms with Gasteiger partial charge in [-0.2, -0.15) is 4.73 Å². The molecule has 3 N–H and O–H groups in total. The third-order valence-corrected chi connectivity index (χ3v) is 2.52. The second kappa shape index (κ2) is 2.31. The van der Waals surface area contributed by atoms with Gasteiger partial charge < -0.3 is 15.7 Å². The first-order valence-electron chi connectivity index (χ1n) is 3.36. The quantitative estimate of drug-likeness (QED) is 0.696. The van der Waals surface area contributed by atoms with Crippen LogP contribution in [0.3, 0.4) is 0 Å². The summed E-state index contributed by atoms with van der Waals surface area (Å²) in [6.07, 6.45) is 0. The normalized spacial score (nSPS) is 10.8. The van der Waals surface area contributed by atoms with Gasteiger partial charge in [-0.3, -0.25) is 0 Å². The minimum atomic E-state index is 0.269. The lowest BCUT2D eigenvalue weighted by atomic mass is 10.5. The van der Waals surface area contributed by atoms with Gasteiger partial charge in [0.15, 0.2) is 5.06 Å². The van der Waals surface area contributed by atoms with Gasteiger partial charge in [0.1, 0.15) is 18.4 Å². The summed E-state index contributed by atoms with van der Waals surface area (Å²) in [5.74, 6) is 0.541. The van der Waals surface area contributed by atoms with Gasteiger partial charge in [-0.1, -0.05) is 11.3 Å². The maximum Gasteiger partial charge on any atom is 0.173 e. The molecule has 0 saturated carbocycles. The van der Waals surface area contributed by atoms with E-state index < -0.39 is 0 Å². The van der Waals surface area contributed by atoms with Gasteiger partial charge in [0, 0.05) is 12.1 Å². The number of hydrogen-bond donors (Lipinski definition) is 2. The van der Waals surface area contributed by atoms with E-state index in [9.17, 15) is 0 Å². The predicted molar refractivity (Wildman–Crippen MR) is 48.4 cm³/mol. The van der Waals surface area contributed by atoms with E-state index >= 15 is 0 Å². The summed E-state index contributed by atoms with van der Waals surface area (Å²) in [5.41, 5.74) is 6.42. The van der Waals surface area contributed by atoms with Crippen LogP contribution < -0.4 is 10.6 Å². The zero-order valence-corrected chi connectivity index (χ0v) is 7.26. The van der Waals surface area contributed by atoms with E-state index in [1.807, 2.05) is 0 Å². The van der Waals surface area contributed by atoms with E-state index in [1.165, 1.54) is 23.2 Å². The lowest BCUT2D eigenvalue weighted by Crippen LogP contribution is -2.07. The number of nitrogen functional groups attached to an aromatic ring is 1. The van der Waals surface area contributed by atoms with Gasteiger partial charge in [-0.25, -0.2) is 0 Å². The molecule has 0 saturated heterocycles. The molecule has 0 unspecified atom stereocenters. The summed E-state index contributed by atoms with van der Waals surface area (Å²) >= 11 is 1.28. The summed E-state index contributed by atoms with van der Waals surface area (Å²) in [5, 5.41) is 9.43. The Hall–Kier alpha value is -1.36. The molecule has 0 bridgehead atoms. The van der Waals surface area contributed by atoms with Crippen LogP contribution in [0.15, 0.2) is 12.1 Å². The Bertz CT molecular complexity index is 418. The van der Waals surface area contributed by atoms with Crippen molar-refractivity contribution in [2.24, 2.45) is 0 Å². The fraction of sp³-hybridized carbons (Fsp3) is 0.143. The molecule has 2 rings (SSSR count). The lowest BCUT2D eigenvalue weighted by Gasteiger charge is -2.01. The molecule has 5 heteroatoms. The number of nitrogens with two attached hydrogens (primary N) is 1. The van der Waals surface area contributed by atoms with Crippen molar-refractivity contribution in [3.8, 4) is 5.06 Å². The molecule has 0 aromatic carbocycles. The van der Waals surface area contributed by atoms with Gasteiger partial charge in [-0.15, -0.1) is 0 Å². The second-order valence-electron chi connectivity index (χ2n) is 2.38. The molecular weight excluding hydrogens is 176 g/mol. The van der Waals surface area contributed by atoms with Crippen molar-refractivity contribution in [2.45, 2.75) is 0 Å². The van der Waals surface area contributed by atoms with Crippen LogP contribution in [0.25, 0.3) is 10.2 Å². The molecule has 0 aliphatic rings. The maximum atomic E-state index is 9.16. The number of aromatic nitrogens is 1. The second-order valence-corrected chi connectivity index (χ2v) is 3.44. The number of fused-ring (bicyclic) bond motifs is 1. The van der Waals surface area contributed by atoms with Crippen molar-refractivity contribution in [1.82, 2.24) is 4.73 Å². The predicted octanol–water partition coefficient (Wildman–Crippen LogP) is 1.05. The van der Waals surface area contributed by atoms with Crippen LogP contribution in [-0.2, 0) is 0 Å². The van der Waals surface area contributed by atoms with E-state index in [1.54, 1.807) is 12.1 Å². The van der Waals surface area contributed by atoms with Crippen LogP contribution in [-0.4, -0.2) is 16.9 Å². The zero-order chi connectivity index (χ0) is 8.72. The Morgan fingerprint density at radius 3 is 3.00 bits per heavy atom. The number of hydrogen-bond acceptors (Lipinski definition) is 4. The third-order valence-electron chi connectivity index (χ3n) is 1.64. The van der Waals surface area contributed by atoms with Crippen LogP contribution in [0.5, 0.6) is 5.06 Å². The van der Waals surface area contributed by atoms with E-state index in [-0.39, 0.29) is 5.06 Å². The minimum Gasteiger partial charge on any atom is -0.499 e. The number of thiophene rings is 1. The summed E-state index contributed by atoms with van der Waals surface area (Å²) in [6, 6.07) is 3.39. The van der Waals surface area contributed by atoms with E-state index in [4.69, 9.17) is 15.7 Å². The number of nitrogens with zero attached hydrogens (tertiary/aromatic N) is 1. The monoisotopic (exact) mass is 184 g/mol. The molecule has 0 amide bonds. The average molecular weight is 184 g/mol. The Morgan fingerprint density at radius 2 is 2.33 bits per heavy atom. The summed E-state index contributed by atoms with van der Waals surface area (Å²) in [6.45, 7) is 0. The van der Waals surface area contributed by atoms with E-state index in [2.05, 4.69) is 0 Å². The van der Waals surface area contributed by atoms with Gasteiger partial charge in [-0.05, 0) is 0 Å². The smallest absolute Gasteiger partial charge is 0.173 e. The summed E-state index contributed by atoms with van der Waals surface area (Å²) < 4.78 is 2.40. The lowest BCUT2D eigenvalue weighted by molar-refractivity contribution is 0.184. The maximum absolute atomic E-state index is 9.16. The largest absolute Gasteiger partial charge is 0.499 e. The fourth-order valence-electron chi connectivity index (χ4n) is 1.18. The highest BCUT2D eigenvalue weighted by atomic mass is 32.1. The topological polar surface area (TPSA) is 60.4 Å². The molecule has 2 aromatic rings. The molecule has 64 valence electrons. The van der Waals surface area contributed by atoms with E-state index in [0.717, 1.165) is 10.2 Å². The summed E-state index contributed by atoms with van der Waals surface area (Å²) in [4.78, 5) is 5.00. The molecule has 0 atom stereocenters. The fourth-order valence-corrected chi connectivity index (χ4v) is 2.00. The first kappa shape index (κ1) is 7.30. The van der Waals surface area contributed by atoms with Crippen LogP contribution in [0, 0.1) is 0 Å². The Balaban J connectivity index is 2.78. The van der Waals surface area contributed by atoms with Gasteiger partial charge >= 0.3 is 0 Å². The minimum absolute atomic E-state index is 0.269. The van der Waals surface area contributed by atoms with Crippen molar-refractivity contribution in [3.05, 3.63) is 12.1 Å². The van der Waals surface area contributed by atoms with Crippen molar-refractivity contribution in [1.29, 1.82) is 0 Å². The Labute approximate surface area is 72.7 Å². The summed E-state index contributed by atoms with van der Waals surface area (Å²) in [7, 11) is 1.53. The molecule has 0 fully saturated rings. The Kier molecular flexibility index (Phi) is 1.41. The number of rotatable bonds is 1. The molecule has 0 radical (unpaired) electrons. The van der Waals surface area contributed by atoms with Crippen LogP contribution in [0.2, 0.25) is 0 Å². The van der Waals surface area contributed by atoms with Crippen LogP contribution >= 0.6 is 11.3 Å². The highest BCUT2D eigenvalue weighted by Crippen LogP contribution is 2.33. The number of aromatic hydroxyl groups is 1. The van der Waals surface area contributed by atoms with Crippen molar-refractivity contribution in [3.63, 3.8) is 0 Å². The van der Waals surface area contributed by atoms with E-state index in [0.29, 0.717) is 5.82 Å². The van der Waals surface area contributed by atoms with Crippen molar-refractivity contribution >= 4 is 27.4 Å². The van der Waals surface area contributed by atoms with Gasteiger partial charge in [0.05, 0.1) is 4.70 Å². The standard InChI is InChI=1S/C7H8N2O2S/c1-11-9-4-2-7(10)12-5(4)3-6(9)8/h2-3,10H,8H2,1H3. The zero-order valence-electron chi connectivity index (χ0n) is 6.44. The van der Waals surface area contributed by atoms with Crippen LogP contribution in [0.1, 0.15) is 0 Å². The molecule has 4 nitrogen and oxygen atoms in total. The van der Waals surface area contributed by atoms with Crippen molar-refractivity contribution < 1.29 is 9.94 Å². The molecule has 12 heavy (non-hydrogen) atoms. The van der Waals surface area contributed by atoms with Gasteiger partial charge in [0.25, 0.3) is 0 Å². The van der Waals surface area contributed by atoms with Crippen molar-refractivity contribution in [2.75, 3.05) is 12.8 Å². The molecule has 0 aliphatic heterocycles. The Morgan fingerprint density at radius 1 is 1.58 bits per heavy atom.